The summed E-state index contributed by atoms with van der Waals surface area (Å²) in [7, 11) is 1.51. The number of benzene rings is 1. The smallest absolute Gasteiger partial charge is 0.220 e. The summed E-state index contributed by atoms with van der Waals surface area (Å²) in [6, 6.07) is 8.32. The number of hydrogen-bond acceptors (Lipinski definition) is 3. The molecule has 0 saturated heterocycles. The Morgan fingerprint density at radius 3 is 2.36 bits per heavy atom. The van der Waals surface area contributed by atoms with Crippen molar-refractivity contribution in [2.45, 2.75) is 6.54 Å². The molecule has 126 valence electrons. The van der Waals surface area contributed by atoms with Gasteiger partial charge in [-0.25, -0.2) is 0 Å². The highest BCUT2D eigenvalue weighted by molar-refractivity contribution is 9.10. The molecular formula is C21H18BrNO2. The zero-order chi connectivity index (χ0) is 17.6. The van der Waals surface area contributed by atoms with Gasteiger partial charge < -0.3 is 9.64 Å². The number of rotatable bonds is 4. The van der Waals surface area contributed by atoms with Gasteiger partial charge in [0.2, 0.25) is 5.78 Å². The van der Waals surface area contributed by atoms with Gasteiger partial charge in [-0.1, -0.05) is 46.3 Å². The van der Waals surface area contributed by atoms with Gasteiger partial charge in [0.15, 0.2) is 5.76 Å². The van der Waals surface area contributed by atoms with Crippen LogP contribution in [-0.2, 0) is 16.1 Å². The highest BCUT2D eigenvalue weighted by Gasteiger charge is 2.10. The number of ketones is 1. The highest BCUT2D eigenvalue weighted by Crippen LogP contribution is 2.17. The van der Waals surface area contributed by atoms with Crippen LogP contribution in [0.2, 0.25) is 0 Å². The molecule has 1 aromatic carbocycles. The molecular weight excluding hydrogens is 378 g/mol. The van der Waals surface area contributed by atoms with E-state index in [0.717, 1.165) is 22.2 Å². The Kier molecular flexibility index (Phi) is 5.51. The molecule has 3 rings (SSSR count). The van der Waals surface area contributed by atoms with Gasteiger partial charge in [-0.15, -0.1) is 0 Å². The Balaban J connectivity index is 1.64. The van der Waals surface area contributed by atoms with Gasteiger partial charge in [-0.3, -0.25) is 4.79 Å². The fraction of sp³-hybridized carbons (Fsp3) is 0.0952. The molecule has 0 N–H and O–H groups in total. The average Bonchev–Trinajstić information content (AvgIpc) is 2.64. The van der Waals surface area contributed by atoms with E-state index >= 15 is 0 Å². The van der Waals surface area contributed by atoms with Gasteiger partial charge in [0.1, 0.15) is 0 Å². The quantitative estimate of drug-likeness (QED) is 0.731. The second kappa shape index (κ2) is 7.99. The number of carbonyl (C=O) groups is 1. The van der Waals surface area contributed by atoms with E-state index in [-0.39, 0.29) is 5.78 Å². The third kappa shape index (κ3) is 4.70. The minimum Gasteiger partial charge on any atom is -0.493 e. The zero-order valence-corrected chi connectivity index (χ0v) is 15.4. The van der Waals surface area contributed by atoms with Crippen LogP contribution in [0.3, 0.4) is 0 Å². The average molecular weight is 396 g/mol. The lowest BCUT2D eigenvalue weighted by Crippen LogP contribution is -2.11. The van der Waals surface area contributed by atoms with Crippen molar-refractivity contribution in [2.24, 2.45) is 0 Å². The van der Waals surface area contributed by atoms with E-state index in [0.29, 0.717) is 5.76 Å². The summed E-state index contributed by atoms with van der Waals surface area (Å²) in [6.07, 6.45) is 17.3. The van der Waals surface area contributed by atoms with E-state index in [1.165, 1.54) is 18.7 Å². The highest BCUT2D eigenvalue weighted by atomic mass is 79.9. The molecule has 0 amide bonds. The number of hydrogen-bond donors (Lipinski definition) is 0. The molecule has 25 heavy (non-hydrogen) atoms. The van der Waals surface area contributed by atoms with Crippen LogP contribution in [0.15, 0.2) is 101 Å². The van der Waals surface area contributed by atoms with Gasteiger partial charge in [0.25, 0.3) is 0 Å². The topological polar surface area (TPSA) is 29.5 Å². The lowest BCUT2D eigenvalue weighted by Gasteiger charge is -2.18. The molecule has 0 spiro atoms. The molecule has 1 heterocycles. The lowest BCUT2D eigenvalue weighted by molar-refractivity contribution is -0.114. The maximum atomic E-state index is 11.5. The third-order valence-corrected chi connectivity index (χ3v) is 4.38. The van der Waals surface area contributed by atoms with Crippen molar-refractivity contribution in [3.63, 3.8) is 0 Å². The van der Waals surface area contributed by atoms with Crippen molar-refractivity contribution in [1.29, 1.82) is 0 Å². The van der Waals surface area contributed by atoms with Gasteiger partial charge in [-0.05, 0) is 53.1 Å². The van der Waals surface area contributed by atoms with Gasteiger partial charge in [-0.2, -0.15) is 0 Å². The SMILES string of the molecule is COC1=CC(=CC=C2C=CN(Cc3ccc(Br)cc3)C=C2)C=CC1=O. The lowest BCUT2D eigenvalue weighted by atomic mass is 10.1. The Labute approximate surface area is 156 Å². The normalized spacial score (nSPS) is 17.9. The van der Waals surface area contributed by atoms with Crippen LogP contribution in [-0.4, -0.2) is 17.8 Å². The molecule has 0 atom stereocenters. The van der Waals surface area contributed by atoms with Gasteiger partial charge >= 0.3 is 0 Å². The van der Waals surface area contributed by atoms with Gasteiger partial charge in [0, 0.05) is 23.4 Å². The maximum absolute atomic E-state index is 11.5. The number of ether oxygens (including phenoxy) is 1. The summed E-state index contributed by atoms with van der Waals surface area (Å²) in [5.74, 6) is 0.260. The Hall–Kier alpha value is -2.59. The Morgan fingerprint density at radius 2 is 1.68 bits per heavy atom. The van der Waals surface area contributed by atoms with E-state index in [9.17, 15) is 4.79 Å². The minimum absolute atomic E-state index is 0.103. The fourth-order valence-electron chi connectivity index (χ4n) is 2.47. The molecule has 3 nitrogen and oxygen atoms in total. The third-order valence-electron chi connectivity index (χ3n) is 3.85. The first-order valence-electron chi connectivity index (χ1n) is 7.91. The number of allylic oxidation sites excluding steroid dienone is 9. The standard InChI is InChI=1S/C21H18BrNO2/c1-25-21-14-17(6-9-20(21)24)3-2-16-10-12-23(13-11-16)15-18-4-7-19(22)8-5-18/h2-14H,15H2,1H3. The van der Waals surface area contributed by atoms with Crippen molar-refractivity contribution in [2.75, 3.05) is 7.11 Å². The second-order valence-corrected chi connectivity index (χ2v) is 6.59. The zero-order valence-electron chi connectivity index (χ0n) is 13.9. The number of nitrogens with zero attached hydrogens (tertiary/aromatic N) is 1. The molecule has 1 aliphatic heterocycles. The van der Waals surface area contributed by atoms with E-state index in [2.05, 4.69) is 69.6 Å². The van der Waals surface area contributed by atoms with Crippen LogP contribution in [0.4, 0.5) is 0 Å². The predicted octanol–water partition coefficient (Wildman–Crippen LogP) is 4.81. The molecule has 0 radical (unpaired) electrons. The molecule has 0 unspecified atom stereocenters. The van der Waals surface area contributed by atoms with Crippen LogP contribution in [0, 0.1) is 0 Å². The first-order chi connectivity index (χ1) is 12.1. The Morgan fingerprint density at radius 1 is 1.00 bits per heavy atom. The Bertz CT molecular complexity index is 823. The number of carbonyl (C=O) groups excluding carboxylic acids is 1. The van der Waals surface area contributed by atoms with Crippen LogP contribution in [0.1, 0.15) is 5.56 Å². The summed E-state index contributed by atoms with van der Waals surface area (Å²) in [5.41, 5.74) is 3.28. The largest absolute Gasteiger partial charge is 0.493 e. The molecule has 0 aromatic heterocycles. The van der Waals surface area contributed by atoms with Gasteiger partial charge in [0.05, 0.1) is 7.11 Å². The van der Waals surface area contributed by atoms with Crippen LogP contribution < -0.4 is 0 Å². The second-order valence-electron chi connectivity index (χ2n) is 5.67. The summed E-state index contributed by atoms with van der Waals surface area (Å²) < 4.78 is 6.15. The molecule has 1 aromatic rings. The monoisotopic (exact) mass is 395 g/mol. The minimum atomic E-state index is -0.103. The van der Waals surface area contributed by atoms with Crippen molar-refractivity contribution in [1.82, 2.24) is 4.90 Å². The van der Waals surface area contributed by atoms with Crippen molar-refractivity contribution >= 4 is 21.7 Å². The van der Waals surface area contributed by atoms with Crippen molar-refractivity contribution < 1.29 is 9.53 Å². The van der Waals surface area contributed by atoms with Crippen LogP contribution >= 0.6 is 15.9 Å². The summed E-state index contributed by atoms with van der Waals surface area (Å²) in [5, 5.41) is 0. The van der Waals surface area contributed by atoms with E-state index < -0.39 is 0 Å². The summed E-state index contributed by atoms with van der Waals surface area (Å²) in [6.45, 7) is 0.833. The maximum Gasteiger partial charge on any atom is 0.220 e. The first kappa shape index (κ1) is 17.2. The molecule has 4 heteroatoms. The number of methoxy groups -OCH3 is 1. The number of halogens is 1. The van der Waals surface area contributed by atoms with E-state index in [1.54, 1.807) is 12.2 Å². The predicted molar refractivity (Wildman–Crippen MR) is 103 cm³/mol. The fourth-order valence-corrected chi connectivity index (χ4v) is 2.73. The molecule has 0 fully saturated rings. The molecule has 0 saturated carbocycles. The van der Waals surface area contributed by atoms with E-state index in [4.69, 9.17) is 4.74 Å². The van der Waals surface area contributed by atoms with Crippen LogP contribution in [0.5, 0.6) is 0 Å². The molecule has 0 bridgehead atoms. The summed E-state index contributed by atoms with van der Waals surface area (Å²) in [4.78, 5) is 13.7. The van der Waals surface area contributed by atoms with Crippen molar-refractivity contribution in [3.8, 4) is 0 Å². The molecule has 2 aliphatic rings. The van der Waals surface area contributed by atoms with E-state index in [1.807, 2.05) is 12.2 Å². The van der Waals surface area contributed by atoms with Crippen molar-refractivity contribution in [3.05, 3.63) is 106 Å². The van der Waals surface area contributed by atoms with Crippen LogP contribution in [0.25, 0.3) is 0 Å². The summed E-state index contributed by atoms with van der Waals surface area (Å²) >= 11 is 3.45. The first-order valence-corrected chi connectivity index (χ1v) is 8.70. The molecule has 1 aliphatic carbocycles.